The van der Waals surface area contributed by atoms with Crippen LogP contribution in [0.5, 0.6) is 11.6 Å². The number of para-hydroxylation sites is 1. The Kier molecular flexibility index (Phi) is 5.01. The molecule has 0 saturated carbocycles. The van der Waals surface area contributed by atoms with Crippen LogP contribution in [0.1, 0.15) is 11.1 Å². The maximum Gasteiger partial charge on any atom is 0.421 e. The zero-order chi connectivity index (χ0) is 18.7. The lowest BCUT2D eigenvalue weighted by Crippen LogP contribution is -2.57. The zero-order valence-corrected chi connectivity index (χ0v) is 14.0. The Bertz CT molecular complexity index is 789. The lowest BCUT2D eigenvalue weighted by Gasteiger charge is -2.38. The maximum atomic E-state index is 12.9. The second-order valence-electron chi connectivity index (χ2n) is 5.95. The molecule has 26 heavy (non-hydrogen) atoms. The summed E-state index contributed by atoms with van der Waals surface area (Å²) in [6.07, 6.45) is -3.82. The van der Waals surface area contributed by atoms with Gasteiger partial charge >= 0.3 is 6.18 Å². The van der Waals surface area contributed by atoms with Gasteiger partial charge in [-0.15, -0.1) is 0 Å². The lowest BCUT2D eigenvalue weighted by atomic mass is 10.1. The van der Waals surface area contributed by atoms with Crippen molar-refractivity contribution in [2.45, 2.75) is 19.2 Å². The van der Waals surface area contributed by atoms with E-state index in [-0.39, 0.29) is 25.6 Å². The van der Waals surface area contributed by atoms with Crippen molar-refractivity contribution >= 4 is 5.91 Å². The SMILES string of the molecule is Cc1ccccc1OCC(=O)N1CC(Oc2ncccc2C(F)(F)F)C1. The number of hydrogen-bond acceptors (Lipinski definition) is 4. The summed E-state index contributed by atoms with van der Waals surface area (Å²) < 4.78 is 49.5. The summed E-state index contributed by atoms with van der Waals surface area (Å²) in [5.74, 6) is -0.0871. The van der Waals surface area contributed by atoms with Crippen LogP contribution in [0.25, 0.3) is 0 Å². The van der Waals surface area contributed by atoms with Crippen LogP contribution in [0.3, 0.4) is 0 Å². The summed E-state index contributed by atoms with van der Waals surface area (Å²) in [4.78, 5) is 17.2. The molecule has 5 nitrogen and oxygen atoms in total. The van der Waals surface area contributed by atoms with Crippen molar-refractivity contribution in [3.8, 4) is 11.6 Å². The van der Waals surface area contributed by atoms with Crippen molar-refractivity contribution in [2.75, 3.05) is 19.7 Å². The minimum absolute atomic E-state index is 0.130. The molecule has 1 saturated heterocycles. The highest BCUT2D eigenvalue weighted by Crippen LogP contribution is 2.35. The van der Waals surface area contributed by atoms with Gasteiger partial charge in [0.2, 0.25) is 5.88 Å². The van der Waals surface area contributed by atoms with Crippen molar-refractivity contribution in [1.82, 2.24) is 9.88 Å². The molecule has 0 radical (unpaired) electrons. The highest BCUT2D eigenvalue weighted by atomic mass is 19.4. The number of likely N-dealkylation sites (tertiary alicyclic amines) is 1. The van der Waals surface area contributed by atoms with E-state index in [1.165, 1.54) is 17.2 Å². The molecule has 2 aromatic rings. The summed E-state index contributed by atoms with van der Waals surface area (Å²) in [5.41, 5.74) is -0.00684. The molecule has 0 aliphatic carbocycles. The van der Waals surface area contributed by atoms with E-state index in [0.717, 1.165) is 11.6 Å². The minimum Gasteiger partial charge on any atom is -0.484 e. The normalized spacial score (nSPS) is 14.7. The molecule has 1 fully saturated rings. The number of alkyl halides is 3. The van der Waals surface area contributed by atoms with Gasteiger partial charge in [0.15, 0.2) is 6.61 Å². The number of halogens is 3. The summed E-state index contributed by atoms with van der Waals surface area (Å²) in [6.45, 7) is 2.14. The highest BCUT2D eigenvalue weighted by molar-refractivity contribution is 5.78. The van der Waals surface area contributed by atoms with Crippen molar-refractivity contribution in [2.24, 2.45) is 0 Å². The Labute approximate surface area is 148 Å². The number of aromatic nitrogens is 1. The second kappa shape index (κ2) is 7.23. The van der Waals surface area contributed by atoms with Crippen molar-refractivity contribution in [3.05, 3.63) is 53.7 Å². The molecule has 8 heteroatoms. The predicted molar refractivity (Wildman–Crippen MR) is 86.9 cm³/mol. The van der Waals surface area contributed by atoms with E-state index in [2.05, 4.69) is 4.98 Å². The van der Waals surface area contributed by atoms with Crippen molar-refractivity contribution in [1.29, 1.82) is 0 Å². The van der Waals surface area contributed by atoms with Crippen LogP contribution in [-0.2, 0) is 11.0 Å². The first kappa shape index (κ1) is 18.0. The first-order valence-corrected chi connectivity index (χ1v) is 7.99. The highest BCUT2D eigenvalue weighted by Gasteiger charge is 2.38. The molecule has 0 spiro atoms. The first-order chi connectivity index (χ1) is 12.3. The largest absolute Gasteiger partial charge is 0.484 e. The summed E-state index contributed by atoms with van der Waals surface area (Å²) in [7, 11) is 0. The van der Waals surface area contributed by atoms with E-state index < -0.39 is 23.7 Å². The average Bonchev–Trinajstić information content (AvgIpc) is 2.56. The Morgan fingerprint density at radius 2 is 1.96 bits per heavy atom. The molecule has 1 aromatic carbocycles. The Morgan fingerprint density at radius 3 is 2.65 bits per heavy atom. The molecule has 0 atom stereocenters. The molecule has 1 amide bonds. The third kappa shape index (κ3) is 4.07. The average molecular weight is 366 g/mol. The zero-order valence-electron chi connectivity index (χ0n) is 14.0. The number of rotatable bonds is 5. The number of nitrogens with zero attached hydrogens (tertiary/aromatic N) is 2. The molecule has 1 aliphatic rings. The monoisotopic (exact) mass is 366 g/mol. The number of hydrogen-bond donors (Lipinski definition) is 0. The number of aryl methyl sites for hydroxylation is 1. The van der Waals surface area contributed by atoms with E-state index in [1.807, 2.05) is 25.1 Å². The molecule has 138 valence electrons. The van der Waals surface area contributed by atoms with Crippen LogP contribution < -0.4 is 9.47 Å². The van der Waals surface area contributed by atoms with Gasteiger partial charge < -0.3 is 14.4 Å². The van der Waals surface area contributed by atoms with Gasteiger partial charge in [0, 0.05) is 6.20 Å². The van der Waals surface area contributed by atoms with Gasteiger partial charge in [-0.3, -0.25) is 4.79 Å². The Hall–Kier alpha value is -2.77. The van der Waals surface area contributed by atoms with Crippen molar-refractivity contribution < 1.29 is 27.4 Å². The van der Waals surface area contributed by atoms with E-state index in [9.17, 15) is 18.0 Å². The number of carbonyl (C=O) groups excluding carboxylic acids is 1. The van der Waals surface area contributed by atoms with Crippen LogP contribution in [0.2, 0.25) is 0 Å². The number of ether oxygens (including phenoxy) is 2. The smallest absolute Gasteiger partial charge is 0.421 e. The van der Waals surface area contributed by atoms with Gasteiger partial charge in [-0.05, 0) is 30.7 Å². The standard InChI is InChI=1S/C18H17F3N2O3/c1-12-5-2-3-7-15(12)25-11-16(24)23-9-13(10-23)26-17-14(18(19,20)21)6-4-8-22-17/h2-8,13H,9-11H2,1H3. The summed E-state index contributed by atoms with van der Waals surface area (Å²) in [6, 6.07) is 9.44. The first-order valence-electron chi connectivity index (χ1n) is 7.99. The third-order valence-corrected chi connectivity index (χ3v) is 4.00. The maximum absolute atomic E-state index is 12.9. The van der Waals surface area contributed by atoms with Gasteiger partial charge in [-0.25, -0.2) is 4.98 Å². The van der Waals surface area contributed by atoms with Crippen LogP contribution in [0, 0.1) is 6.92 Å². The number of pyridine rings is 1. The van der Waals surface area contributed by atoms with Crippen LogP contribution in [0.15, 0.2) is 42.6 Å². The summed E-state index contributed by atoms with van der Waals surface area (Å²) >= 11 is 0. The van der Waals surface area contributed by atoms with E-state index in [1.54, 1.807) is 6.07 Å². The molecule has 0 N–H and O–H groups in total. The fourth-order valence-electron chi connectivity index (χ4n) is 2.52. The molecular weight excluding hydrogens is 349 g/mol. The van der Waals surface area contributed by atoms with Crippen LogP contribution in [-0.4, -0.2) is 41.6 Å². The topological polar surface area (TPSA) is 51.7 Å². The van der Waals surface area contributed by atoms with Gasteiger partial charge in [-0.2, -0.15) is 13.2 Å². The molecule has 1 aromatic heterocycles. The molecule has 0 bridgehead atoms. The Morgan fingerprint density at radius 1 is 1.23 bits per heavy atom. The van der Waals surface area contributed by atoms with Gasteiger partial charge in [0.1, 0.15) is 17.4 Å². The van der Waals surface area contributed by atoms with E-state index in [0.29, 0.717) is 5.75 Å². The molecular formula is C18H17F3N2O3. The summed E-state index contributed by atoms with van der Waals surface area (Å²) in [5, 5.41) is 0. The number of carbonyl (C=O) groups is 1. The van der Waals surface area contributed by atoms with Gasteiger partial charge in [0.05, 0.1) is 13.1 Å². The Balaban J connectivity index is 1.50. The fourth-order valence-corrected chi connectivity index (χ4v) is 2.52. The van der Waals surface area contributed by atoms with E-state index in [4.69, 9.17) is 9.47 Å². The van der Waals surface area contributed by atoms with E-state index >= 15 is 0 Å². The second-order valence-corrected chi connectivity index (χ2v) is 5.95. The number of benzene rings is 1. The quantitative estimate of drug-likeness (QED) is 0.816. The molecule has 1 aliphatic heterocycles. The third-order valence-electron chi connectivity index (χ3n) is 4.00. The van der Waals surface area contributed by atoms with Crippen molar-refractivity contribution in [3.63, 3.8) is 0 Å². The fraction of sp³-hybridized carbons (Fsp3) is 0.333. The predicted octanol–water partition coefficient (Wildman–Crippen LogP) is 3.08. The van der Waals surface area contributed by atoms with Crippen LogP contribution >= 0.6 is 0 Å². The molecule has 0 unspecified atom stereocenters. The molecule has 2 heterocycles. The van der Waals surface area contributed by atoms with Crippen LogP contribution in [0.4, 0.5) is 13.2 Å². The molecule has 3 rings (SSSR count). The van der Waals surface area contributed by atoms with Gasteiger partial charge in [-0.1, -0.05) is 18.2 Å². The number of amides is 1. The minimum atomic E-state index is -4.54. The lowest BCUT2D eigenvalue weighted by molar-refractivity contribution is -0.146. The van der Waals surface area contributed by atoms with Gasteiger partial charge in [0.25, 0.3) is 5.91 Å².